The number of nitrogens with one attached hydrogen (secondary N) is 2. The number of aryl methyl sites for hydroxylation is 1. The Kier molecular flexibility index (Phi) is 6.32. The molecule has 2 aromatic heterocycles. The van der Waals surface area contributed by atoms with Gasteiger partial charge < -0.3 is 10.2 Å². The fourth-order valence-corrected chi connectivity index (χ4v) is 5.03. The van der Waals surface area contributed by atoms with E-state index in [9.17, 15) is 4.79 Å². The smallest absolute Gasteiger partial charge is 0.196 e. The molecule has 2 fully saturated rings. The zero-order valence-electron chi connectivity index (χ0n) is 19.0. The Morgan fingerprint density at radius 2 is 1.94 bits per heavy atom. The van der Waals surface area contributed by atoms with Gasteiger partial charge >= 0.3 is 0 Å². The second-order valence-electron chi connectivity index (χ2n) is 8.82. The van der Waals surface area contributed by atoms with Crippen LogP contribution in [0.15, 0.2) is 46.5 Å². The van der Waals surface area contributed by atoms with Crippen molar-refractivity contribution in [3.8, 4) is 0 Å². The van der Waals surface area contributed by atoms with E-state index < -0.39 is 0 Å². The van der Waals surface area contributed by atoms with Crippen molar-refractivity contribution in [2.75, 3.05) is 36.9 Å². The summed E-state index contributed by atoms with van der Waals surface area (Å²) < 4.78 is 0. The Bertz CT molecular complexity index is 1130. The molecule has 8 nitrogen and oxygen atoms in total. The Morgan fingerprint density at radius 3 is 2.58 bits per heavy atom. The maximum Gasteiger partial charge on any atom is 0.196 e. The molecule has 1 atom stereocenters. The van der Waals surface area contributed by atoms with E-state index in [1.807, 2.05) is 38.2 Å². The van der Waals surface area contributed by atoms with Crippen LogP contribution in [-0.2, 0) is 11.2 Å². The molecule has 2 aliphatic heterocycles. The van der Waals surface area contributed by atoms with Crippen LogP contribution in [0.5, 0.6) is 0 Å². The summed E-state index contributed by atoms with van der Waals surface area (Å²) in [4.78, 5) is 27.6. The van der Waals surface area contributed by atoms with E-state index in [4.69, 9.17) is 9.97 Å². The van der Waals surface area contributed by atoms with E-state index in [-0.39, 0.29) is 6.04 Å². The molecule has 172 valence electrons. The van der Waals surface area contributed by atoms with Crippen molar-refractivity contribution in [1.29, 1.82) is 0 Å². The number of likely N-dealkylation sites (N-methyl/N-ethyl adjacent to an activating group) is 1. The molecular weight excluding hydrogens is 434 g/mol. The number of hydrogen-bond donors (Lipinski definition) is 2. The number of hydrogen-bond acceptors (Lipinski definition) is 8. The van der Waals surface area contributed by atoms with Crippen molar-refractivity contribution < 1.29 is 4.79 Å². The van der Waals surface area contributed by atoms with Crippen LogP contribution in [-0.4, -0.2) is 63.6 Å². The van der Waals surface area contributed by atoms with Crippen LogP contribution < -0.4 is 10.2 Å². The molecule has 2 aliphatic rings. The van der Waals surface area contributed by atoms with Gasteiger partial charge in [0.05, 0.1) is 6.04 Å². The molecule has 5 rings (SSSR count). The summed E-state index contributed by atoms with van der Waals surface area (Å²) in [5.74, 6) is 2.70. The minimum absolute atomic E-state index is 0.0703. The predicted molar refractivity (Wildman–Crippen MR) is 130 cm³/mol. The fraction of sp³-hybridized carbons (Fsp3) is 0.417. The molecule has 0 saturated carbocycles. The summed E-state index contributed by atoms with van der Waals surface area (Å²) in [6.45, 7) is 5.01. The number of carbonyl (C=O) groups is 1. The van der Waals surface area contributed by atoms with Crippen LogP contribution >= 0.6 is 11.8 Å². The summed E-state index contributed by atoms with van der Waals surface area (Å²) in [6.07, 6.45) is 3.75. The minimum Gasteiger partial charge on any atom is -0.356 e. The average Bonchev–Trinajstić information content (AvgIpc) is 3.36. The Hall–Kier alpha value is -2.91. The molecule has 1 aromatic carbocycles. The van der Waals surface area contributed by atoms with E-state index in [0.717, 1.165) is 66.1 Å². The van der Waals surface area contributed by atoms with Gasteiger partial charge in [-0.25, -0.2) is 9.97 Å². The second kappa shape index (κ2) is 9.52. The first kappa shape index (κ1) is 21.9. The summed E-state index contributed by atoms with van der Waals surface area (Å²) >= 11 is 1.53. The van der Waals surface area contributed by atoms with Gasteiger partial charge in [-0.2, -0.15) is 5.10 Å². The SMILES string of the molecule is Cc1cc(Nc2cc(N3CCC3)nc(Sc3ccc(CC(=O)C4CCCN4C)cc3)n2)n[nH]1. The van der Waals surface area contributed by atoms with E-state index >= 15 is 0 Å². The Morgan fingerprint density at radius 1 is 1.12 bits per heavy atom. The molecule has 0 aliphatic carbocycles. The summed E-state index contributed by atoms with van der Waals surface area (Å²) in [6, 6.07) is 12.2. The number of aromatic nitrogens is 4. The first-order valence-electron chi connectivity index (χ1n) is 11.5. The highest BCUT2D eigenvalue weighted by molar-refractivity contribution is 7.99. The van der Waals surface area contributed by atoms with E-state index in [1.54, 1.807) is 0 Å². The van der Waals surface area contributed by atoms with Gasteiger partial charge in [0.1, 0.15) is 11.6 Å². The quantitative estimate of drug-likeness (QED) is 0.488. The maximum atomic E-state index is 12.6. The number of Topliss-reactive ketones (excluding diaryl/α,β-unsaturated/α-hetero) is 1. The van der Waals surface area contributed by atoms with Crippen LogP contribution in [0.4, 0.5) is 17.5 Å². The molecule has 2 N–H and O–H groups in total. The Balaban J connectivity index is 1.29. The zero-order chi connectivity index (χ0) is 22.8. The van der Waals surface area contributed by atoms with Crippen LogP contribution in [0.3, 0.4) is 0 Å². The van der Waals surface area contributed by atoms with Gasteiger partial charge in [-0.3, -0.25) is 14.8 Å². The molecule has 9 heteroatoms. The lowest BCUT2D eigenvalue weighted by Crippen LogP contribution is -2.37. The zero-order valence-corrected chi connectivity index (χ0v) is 19.9. The van der Waals surface area contributed by atoms with Crippen molar-refractivity contribution in [3.05, 3.63) is 47.7 Å². The number of anilines is 3. The molecule has 4 heterocycles. The lowest BCUT2D eigenvalue weighted by Gasteiger charge is -2.32. The lowest BCUT2D eigenvalue weighted by molar-refractivity contribution is -0.122. The van der Waals surface area contributed by atoms with Crippen molar-refractivity contribution in [2.45, 2.75) is 48.7 Å². The van der Waals surface area contributed by atoms with Crippen LogP contribution in [0.1, 0.15) is 30.5 Å². The predicted octanol–water partition coefficient (Wildman–Crippen LogP) is 3.82. The molecule has 0 bridgehead atoms. The third kappa shape index (κ3) is 5.20. The molecule has 1 unspecified atom stereocenters. The molecular formula is C24H29N7OS. The van der Waals surface area contributed by atoms with Gasteiger partial charge in [-0.1, -0.05) is 12.1 Å². The van der Waals surface area contributed by atoms with E-state index in [0.29, 0.717) is 17.4 Å². The number of H-pyrrole nitrogens is 1. The first-order valence-corrected chi connectivity index (χ1v) is 12.3. The lowest BCUT2D eigenvalue weighted by atomic mass is 10.0. The highest BCUT2D eigenvalue weighted by Gasteiger charge is 2.27. The second-order valence-corrected chi connectivity index (χ2v) is 9.86. The minimum atomic E-state index is 0.0703. The largest absolute Gasteiger partial charge is 0.356 e. The van der Waals surface area contributed by atoms with Gasteiger partial charge in [0.15, 0.2) is 16.8 Å². The fourth-order valence-electron chi connectivity index (χ4n) is 4.26. The molecule has 0 radical (unpaired) electrons. The molecule has 2 saturated heterocycles. The first-order chi connectivity index (χ1) is 16.0. The highest BCUT2D eigenvalue weighted by atomic mass is 32.2. The summed E-state index contributed by atoms with van der Waals surface area (Å²) in [5.41, 5.74) is 2.04. The van der Waals surface area contributed by atoms with Crippen molar-refractivity contribution in [3.63, 3.8) is 0 Å². The van der Waals surface area contributed by atoms with Crippen molar-refractivity contribution >= 4 is 35.0 Å². The highest BCUT2D eigenvalue weighted by Crippen LogP contribution is 2.30. The number of nitrogens with zero attached hydrogens (tertiary/aromatic N) is 5. The molecule has 3 aromatic rings. The molecule has 0 spiro atoms. The van der Waals surface area contributed by atoms with Gasteiger partial charge in [0, 0.05) is 42.2 Å². The van der Waals surface area contributed by atoms with Crippen LogP contribution in [0, 0.1) is 6.92 Å². The number of rotatable bonds is 8. The normalized spacial score (nSPS) is 18.4. The standard InChI is InChI=1S/C24H29N7OS/c1-16-13-22(29-28-16)25-21-15-23(31-11-4-12-31)27-24(26-21)33-18-8-6-17(7-9-18)14-20(32)19-5-3-10-30(19)2/h6-9,13,15,19H,3-5,10-12,14H2,1-2H3,(H2,25,26,27,28,29). The number of benzene rings is 1. The van der Waals surface area contributed by atoms with E-state index in [2.05, 4.69) is 37.4 Å². The van der Waals surface area contributed by atoms with Crippen LogP contribution in [0.25, 0.3) is 0 Å². The maximum absolute atomic E-state index is 12.6. The Labute approximate surface area is 198 Å². The number of aromatic amines is 1. The topological polar surface area (TPSA) is 90.0 Å². The monoisotopic (exact) mass is 463 g/mol. The van der Waals surface area contributed by atoms with Crippen molar-refractivity contribution in [1.82, 2.24) is 25.1 Å². The van der Waals surface area contributed by atoms with E-state index in [1.165, 1.54) is 18.2 Å². The third-order valence-electron chi connectivity index (χ3n) is 6.24. The molecule has 0 amide bonds. The number of carbonyl (C=O) groups excluding carboxylic acids is 1. The third-order valence-corrected chi connectivity index (χ3v) is 7.11. The van der Waals surface area contributed by atoms with Gasteiger partial charge in [0.2, 0.25) is 0 Å². The average molecular weight is 464 g/mol. The summed E-state index contributed by atoms with van der Waals surface area (Å²) in [7, 11) is 2.04. The number of ketones is 1. The summed E-state index contributed by atoms with van der Waals surface area (Å²) in [5, 5.41) is 11.2. The van der Waals surface area contributed by atoms with Gasteiger partial charge in [0.25, 0.3) is 0 Å². The van der Waals surface area contributed by atoms with Gasteiger partial charge in [-0.15, -0.1) is 0 Å². The van der Waals surface area contributed by atoms with Crippen molar-refractivity contribution in [2.24, 2.45) is 0 Å². The number of likely N-dealkylation sites (tertiary alicyclic amines) is 1. The molecule has 33 heavy (non-hydrogen) atoms. The van der Waals surface area contributed by atoms with Crippen LogP contribution in [0.2, 0.25) is 0 Å². The van der Waals surface area contributed by atoms with Gasteiger partial charge in [-0.05, 0) is 69.2 Å².